The minimum Gasteiger partial charge on any atom is -0.492 e. The molecular formula is C17H26BrNO. The predicted molar refractivity (Wildman–Crippen MR) is 88.3 cm³/mol. The fraction of sp³-hybridized carbons (Fsp3) is 0.647. The minimum atomic E-state index is 0.378. The van der Waals surface area contributed by atoms with Crippen molar-refractivity contribution in [3.8, 4) is 5.75 Å². The summed E-state index contributed by atoms with van der Waals surface area (Å²) in [5, 5.41) is 3.43. The first-order valence-electron chi connectivity index (χ1n) is 7.86. The van der Waals surface area contributed by atoms with Crippen LogP contribution in [-0.2, 0) is 0 Å². The Hall–Kier alpha value is -0.540. The third kappa shape index (κ3) is 4.49. The van der Waals surface area contributed by atoms with Crippen LogP contribution in [0.25, 0.3) is 0 Å². The summed E-state index contributed by atoms with van der Waals surface area (Å²) in [6.45, 7) is 6.17. The second-order valence-electron chi connectivity index (χ2n) is 5.78. The van der Waals surface area contributed by atoms with Crippen LogP contribution in [0.5, 0.6) is 5.75 Å². The number of halogens is 1. The van der Waals surface area contributed by atoms with E-state index >= 15 is 0 Å². The molecule has 0 saturated heterocycles. The highest BCUT2D eigenvalue weighted by molar-refractivity contribution is 9.10. The Bertz CT molecular complexity index is 415. The maximum Gasteiger partial charge on any atom is 0.133 e. The van der Waals surface area contributed by atoms with E-state index in [0.717, 1.165) is 29.3 Å². The maximum atomic E-state index is 6.00. The number of nitrogens with one attached hydrogen (secondary N) is 1. The Kier molecular flexibility index (Phi) is 6.37. The Morgan fingerprint density at radius 2 is 2.05 bits per heavy atom. The normalized spacial score (nSPS) is 17.9. The third-order valence-corrected chi connectivity index (χ3v) is 4.79. The summed E-state index contributed by atoms with van der Waals surface area (Å²) in [5.41, 5.74) is 1.30. The first-order valence-corrected chi connectivity index (χ1v) is 8.65. The van der Waals surface area contributed by atoms with E-state index < -0.39 is 0 Å². The molecule has 1 N–H and O–H groups in total. The molecule has 112 valence electrons. The highest BCUT2D eigenvalue weighted by Gasteiger charge is 2.15. The van der Waals surface area contributed by atoms with Crippen LogP contribution >= 0.6 is 15.9 Å². The van der Waals surface area contributed by atoms with Gasteiger partial charge < -0.3 is 10.1 Å². The Morgan fingerprint density at radius 3 is 2.70 bits per heavy atom. The van der Waals surface area contributed by atoms with Crippen LogP contribution in [0.1, 0.15) is 57.6 Å². The van der Waals surface area contributed by atoms with Crippen molar-refractivity contribution in [1.29, 1.82) is 0 Å². The van der Waals surface area contributed by atoms with Crippen molar-refractivity contribution in [2.24, 2.45) is 5.92 Å². The molecule has 0 bridgehead atoms. The van der Waals surface area contributed by atoms with Crippen LogP contribution in [0.15, 0.2) is 22.7 Å². The van der Waals surface area contributed by atoms with Crippen molar-refractivity contribution >= 4 is 15.9 Å². The molecule has 1 aromatic carbocycles. The molecule has 1 aliphatic rings. The van der Waals surface area contributed by atoms with Crippen molar-refractivity contribution in [2.75, 3.05) is 13.2 Å². The van der Waals surface area contributed by atoms with Gasteiger partial charge in [0.25, 0.3) is 0 Å². The van der Waals surface area contributed by atoms with Crippen LogP contribution in [0, 0.1) is 5.92 Å². The lowest BCUT2D eigenvalue weighted by atomic mass is 9.90. The minimum absolute atomic E-state index is 0.378. The smallest absolute Gasteiger partial charge is 0.133 e. The van der Waals surface area contributed by atoms with Gasteiger partial charge in [0.05, 0.1) is 11.1 Å². The lowest BCUT2D eigenvalue weighted by Crippen LogP contribution is -2.18. The van der Waals surface area contributed by atoms with Gasteiger partial charge in [0.1, 0.15) is 5.75 Å². The van der Waals surface area contributed by atoms with Crippen LogP contribution in [0.4, 0.5) is 0 Å². The van der Waals surface area contributed by atoms with E-state index in [2.05, 4.69) is 53.3 Å². The van der Waals surface area contributed by atoms with Gasteiger partial charge in [-0.3, -0.25) is 0 Å². The summed E-state index contributed by atoms with van der Waals surface area (Å²) in [5.74, 6) is 1.72. The number of hydrogen-bond donors (Lipinski definition) is 1. The van der Waals surface area contributed by atoms with Gasteiger partial charge in [0.15, 0.2) is 0 Å². The first kappa shape index (κ1) is 15.8. The van der Waals surface area contributed by atoms with Gasteiger partial charge >= 0.3 is 0 Å². The molecule has 1 aliphatic carbocycles. The Balaban J connectivity index is 1.91. The van der Waals surface area contributed by atoms with Gasteiger partial charge in [-0.2, -0.15) is 0 Å². The largest absolute Gasteiger partial charge is 0.492 e. The van der Waals surface area contributed by atoms with Gasteiger partial charge in [0, 0.05) is 6.04 Å². The predicted octanol–water partition coefficient (Wildman–Crippen LogP) is 5.08. The van der Waals surface area contributed by atoms with E-state index in [1.54, 1.807) is 0 Å². The molecule has 0 aromatic heterocycles. The molecule has 2 rings (SSSR count). The van der Waals surface area contributed by atoms with E-state index in [1.165, 1.54) is 37.7 Å². The lowest BCUT2D eigenvalue weighted by molar-refractivity contribution is 0.208. The molecule has 1 fully saturated rings. The van der Waals surface area contributed by atoms with E-state index in [4.69, 9.17) is 4.74 Å². The standard InChI is InChI=1S/C17H26BrNO/c1-3-19-13(2)15-9-10-17(16(18)11-15)20-12-14-7-5-4-6-8-14/h9-11,13-14,19H,3-8,12H2,1-2H3. The van der Waals surface area contributed by atoms with Gasteiger partial charge in [-0.15, -0.1) is 0 Å². The second-order valence-corrected chi connectivity index (χ2v) is 6.64. The molecule has 1 saturated carbocycles. The highest BCUT2D eigenvalue weighted by Crippen LogP contribution is 2.30. The zero-order valence-corrected chi connectivity index (χ0v) is 14.2. The summed E-state index contributed by atoms with van der Waals surface area (Å²) in [6.07, 6.45) is 6.79. The molecule has 0 heterocycles. The molecule has 3 heteroatoms. The zero-order chi connectivity index (χ0) is 14.4. The molecule has 0 radical (unpaired) electrons. The fourth-order valence-corrected chi connectivity index (χ4v) is 3.40. The molecule has 1 atom stereocenters. The molecule has 20 heavy (non-hydrogen) atoms. The number of rotatable bonds is 6. The number of hydrogen-bond acceptors (Lipinski definition) is 2. The second kappa shape index (κ2) is 8.04. The maximum absolute atomic E-state index is 6.00. The summed E-state index contributed by atoms with van der Waals surface area (Å²) in [4.78, 5) is 0. The summed E-state index contributed by atoms with van der Waals surface area (Å²) >= 11 is 3.64. The Labute approximate surface area is 131 Å². The van der Waals surface area contributed by atoms with Crippen molar-refractivity contribution in [1.82, 2.24) is 5.32 Å². The zero-order valence-electron chi connectivity index (χ0n) is 12.6. The van der Waals surface area contributed by atoms with Crippen LogP contribution < -0.4 is 10.1 Å². The van der Waals surface area contributed by atoms with Crippen molar-refractivity contribution in [2.45, 2.75) is 52.0 Å². The summed E-state index contributed by atoms with van der Waals surface area (Å²) in [7, 11) is 0. The van der Waals surface area contributed by atoms with Gasteiger partial charge in [-0.1, -0.05) is 32.3 Å². The summed E-state index contributed by atoms with van der Waals surface area (Å²) in [6, 6.07) is 6.80. The average Bonchev–Trinajstić information content (AvgIpc) is 2.47. The fourth-order valence-electron chi connectivity index (χ4n) is 2.89. The number of benzene rings is 1. The topological polar surface area (TPSA) is 21.3 Å². The molecule has 1 aromatic rings. The molecule has 1 unspecified atom stereocenters. The average molecular weight is 340 g/mol. The van der Waals surface area contributed by atoms with Crippen LogP contribution in [0.2, 0.25) is 0 Å². The van der Waals surface area contributed by atoms with E-state index in [0.29, 0.717) is 6.04 Å². The van der Waals surface area contributed by atoms with Gasteiger partial charge in [-0.25, -0.2) is 0 Å². The quantitative estimate of drug-likeness (QED) is 0.780. The van der Waals surface area contributed by atoms with Crippen molar-refractivity contribution in [3.05, 3.63) is 28.2 Å². The van der Waals surface area contributed by atoms with E-state index in [9.17, 15) is 0 Å². The monoisotopic (exact) mass is 339 g/mol. The molecular weight excluding hydrogens is 314 g/mol. The SMILES string of the molecule is CCNC(C)c1ccc(OCC2CCCCC2)c(Br)c1. The molecule has 2 nitrogen and oxygen atoms in total. The highest BCUT2D eigenvalue weighted by atomic mass is 79.9. The van der Waals surface area contributed by atoms with Crippen molar-refractivity contribution in [3.63, 3.8) is 0 Å². The van der Waals surface area contributed by atoms with E-state index in [1.807, 2.05) is 0 Å². The van der Waals surface area contributed by atoms with Crippen LogP contribution in [0.3, 0.4) is 0 Å². The third-order valence-electron chi connectivity index (χ3n) is 4.17. The van der Waals surface area contributed by atoms with E-state index in [-0.39, 0.29) is 0 Å². The number of ether oxygens (including phenoxy) is 1. The molecule has 0 aliphatic heterocycles. The van der Waals surface area contributed by atoms with Gasteiger partial charge in [0.2, 0.25) is 0 Å². The lowest BCUT2D eigenvalue weighted by Gasteiger charge is -2.22. The molecule has 0 spiro atoms. The van der Waals surface area contributed by atoms with Crippen LogP contribution in [-0.4, -0.2) is 13.2 Å². The summed E-state index contributed by atoms with van der Waals surface area (Å²) < 4.78 is 7.07. The Morgan fingerprint density at radius 1 is 1.30 bits per heavy atom. The van der Waals surface area contributed by atoms with Gasteiger partial charge in [-0.05, 0) is 65.9 Å². The molecule has 0 amide bonds. The first-order chi connectivity index (χ1) is 9.70. The van der Waals surface area contributed by atoms with Crippen molar-refractivity contribution < 1.29 is 4.74 Å².